The summed E-state index contributed by atoms with van der Waals surface area (Å²) < 4.78 is 2.28. The minimum Gasteiger partial charge on any atom is -0.200 e. The summed E-state index contributed by atoms with van der Waals surface area (Å²) >= 11 is 0. The van der Waals surface area contributed by atoms with Gasteiger partial charge in [0.25, 0.3) is 0 Å². The molecule has 1 aromatic heterocycles. The van der Waals surface area contributed by atoms with E-state index < -0.39 is 8.07 Å². The summed E-state index contributed by atoms with van der Waals surface area (Å²) in [5.74, 6) is 0. The number of nitrogens with zero attached hydrogens (tertiary/aromatic N) is 1. The Hall–Kier alpha value is -2.71. The molecule has 0 amide bonds. The molecule has 162 valence electrons. The van der Waals surface area contributed by atoms with Crippen LogP contribution in [0.1, 0.15) is 31.2 Å². The third-order valence-corrected chi connectivity index (χ3v) is 12.3. The predicted octanol–water partition coefficient (Wildman–Crippen LogP) is 7.17. The first-order valence-electron chi connectivity index (χ1n) is 12.0. The number of hydrogen-bond donors (Lipinski definition) is 0. The van der Waals surface area contributed by atoms with Crippen LogP contribution in [0.3, 0.4) is 0 Å². The number of benzene rings is 3. The van der Waals surface area contributed by atoms with E-state index in [0.29, 0.717) is 0 Å². The lowest BCUT2D eigenvalue weighted by atomic mass is 9.95. The van der Waals surface area contributed by atoms with Gasteiger partial charge in [-0.2, -0.15) is 0 Å². The van der Waals surface area contributed by atoms with Crippen molar-refractivity contribution in [3.8, 4) is 22.4 Å². The fourth-order valence-electron chi connectivity index (χ4n) is 5.73. The van der Waals surface area contributed by atoms with Gasteiger partial charge in [0.15, 0.2) is 6.20 Å². The van der Waals surface area contributed by atoms with E-state index in [2.05, 4.69) is 111 Å². The smallest absolute Gasteiger partial charge is 0.200 e. The van der Waals surface area contributed by atoms with Gasteiger partial charge in [-0.15, -0.1) is 0 Å². The van der Waals surface area contributed by atoms with Gasteiger partial charge in [0.2, 0.25) is 5.69 Å². The number of aromatic nitrogens is 1. The number of rotatable bonds is 4. The maximum Gasteiger partial charge on any atom is 0.220 e. The molecule has 0 bridgehead atoms. The number of hydrogen-bond acceptors (Lipinski definition) is 0. The summed E-state index contributed by atoms with van der Waals surface area (Å²) in [5.41, 5.74) is 7.44. The van der Waals surface area contributed by atoms with Gasteiger partial charge < -0.3 is 0 Å². The van der Waals surface area contributed by atoms with Crippen LogP contribution in [-0.4, -0.2) is 8.07 Å². The second-order valence-electron chi connectivity index (χ2n) is 10.2. The quantitative estimate of drug-likeness (QED) is 0.236. The molecule has 0 radical (unpaired) electrons. The number of fused-ring (bicyclic) bond motifs is 1. The zero-order chi connectivity index (χ0) is 22.3. The molecule has 2 heteroatoms. The van der Waals surface area contributed by atoms with E-state index in [1.165, 1.54) is 64.4 Å². The molecule has 0 saturated heterocycles. The van der Waals surface area contributed by atoms with Crippen LogP contribution in [0.25, 0.3) is 33.2 Å². The highest BCUT2D eigenvalue weighted by Gasteiger charge is 2.35. The van der Waals surface area contributed by atoms with E-state index in [1.54, 1.807) is 5.19 Å². The first-order valence-corrected chi connectivity index (χ1v) is 15.1. The highest BCUT2D eigenvalue weighted by atomic mass is 28.3. The summed E-state index contributed by atoms with van der Waals surface area (Å²) in [7, 11) is 0.735. The van der Waals surface area contributed by atoms with Crippen molar-refractivity contribution in [1.82, 2.24) is 0 Å². The molecule has 0 N–H and O–H groups in total. The maximum atomic E-state index is 2.58. The molecule has 32 heavy (non-hydrogen) atoms. The molecular formula is C30H34NSi+. The van der Waals surface area contributed by atoms with Crippen molar-refractivity contribution in [3.05, 3.63) is 84.6 Å². The van der Waals surface area contributed by atoms with Gasteiger partial charge in [-0.1, -0.05) is 98.6 Å². The van der Waals surface area contributed by atoms with Crippen LogP contribution in [0, 0.1) is 6.92 Å². The summed E-state index contributed by atoms with van der Waals surface area (Å²) in [5, 5.41) is 4.35. The topological polar surface area (TPSA) is 3.88 Å². The largest absolute Gasteiger partial charge is 0.220 e. The summed E-state index contributed by atoms with van der Waals surface area (Å²) in [4.78, 5) is 0. The molecule has 1 heterocycles. The molecule has 0 aliphatic heterocycles. The van der Waals surface area contributed by atoms with Crippen molar-refractivity contribution in [2.75, 3.05) is 0 Å². The standard InChI is InChI=1S/C30H34NSi/c1-22-20-24(23-10-6-5-7-11-23)14-16-28(22)30-29-17-15-27(21-25(29)18-19-31(30)2)32(3,4)26-12-8-9-13-26/h5-7,10-11,14-21,26H,8-9,12-13H2,1-4H3/q+1. The lowest BCUT2D eigenvalue weighted by Gasteiger charge is -2.30. The Morgan fingerprint density at radius 3 is 2.28 bits per heavy atom. The zero-order valence-corrected chi connectivity index (χ0v) is 20.9. The fourth-order valence-corrected chi connectivity index (χ4v) is 9.09. The van der Waals surface area contributed by atoms with Gasteiger partial charge in [-0.05, 0) is 46.7 Å². The van der Waals surface area contributed by atoms with Crippen molar-refractivity contribution in [1.29, 1.82) is 0 Å². The van der Waals surface area contributed by atoms with Gasteiger partial charge in [0, 0.05) is 11.6 Å². The van der Waals surface area contributed by atoms with E-state index >= 15 is 0 Å². The normalized spacial score (nSPS) is 14.9. The molecule has 4 aromatic rings. The van der Waals surface area contributed by atoms with E-state index in [4.69, 9.17) is 0 Å². The summed E-state index contributed by atoms with van der Waals surface area (Å²) in [6.45, 7) is 7.41. The third-order valence-electron chi connectivity index (χ3n) is 7.85. The van der Waals surface area contributed by atoms with E-state index in [0.717, 1.165) is 5.54 Å². The first-order chi connectivity index (χ1) is 15.4. The van der Waals surface area contributed by atoms with Gasteiger partial charge in [-0.25, -0.2) is 4.57 Å². The van der Waals surface area contributed by atoms with Crippen LogP contribution in [0.4, 0.5) is 0 Å². The SMILES string of the molecule is Cc1cc(-c2ccccc2)ccc1-c1c2ccc([Si](C)(C)C3CCCC3)cc2cc[n+]1C. The molecule has 1 saturated carbocycles. The number of pyridine rings is 1. The monoisotopic (exact) mass is 436 g/mol. The van der Waals surface area contributed by atoms with Gasteiger partial charge in [-0.3, -0.25) is 0 Å². The third kappa shape index (κ3) is 3.71. The Bertz CT molecular complexity index is 1270. The molecule has 1 fully saturated rings. The minimum atomic E-state index is -1.44. The maximum absolute atomic E-state index is 2.58. The molecule has 1 nitrogen and oxygen atoms in total. The second-order valence-corrected chi connectivity index (χ2v) is 15.0. The van der Waals surface area contributed by atoms with Crippen molar-refractivity contribution < 1.29 is 4.57 Å². The van der Waals surface area contributed by atoms with Crippen LogP contribution in [-0.2, 0) is 7.05 Å². The molecule has 3 aromatic carbocycles. The Morgan fingerprint density at radius 1 is 0.812 bits per heavy atom. The minimum absolute atomic E-state index is 0.937. The van der Waals surface area contributed by atoms with Gasteiger partial charge in [0.1, 0.15) is 7.05 Å². The molecular weight excluding hydrogens is 402 g/mol. The lowest BCUT2D eigenvalue weighted by Crippen LogP contribution is -2.45. The molecule has 5 rings (SSSR count). The Labute approximate surface area is 193 Å². The van der Waals surface area contributed by atoms with Crippen molar-refractivity contribution in [2.45, 2.75) is 51.2 Å². The first kappa shape index (κ1) is 21.1. The molecule has 0 atom stereocenters. The highest BCUT2D eigenvalue weighted by molar-refractivity contribution is 6.91. The van der Waals surface area contributed by atoms with E-state index in [9.17, 15) is 0 Å². The van der Waals surface area contributed by atoms with Crippen LogP contribution in [0.15, 0.2) is 79.0 Å². The van der Waals surface area contributed by atoms with Crippen LogP contribution in [0.5, 0.6) is 0 Å². The Morgan fingerprint density at radius 2 is 1.56 bits per heavy atom. The van der Waals surface area contributed by atoms with E-state index in [-0.39, 0.29) is 0 Å². The van der Waals surface area contributed by atoms with Crippen LogP contribution < -0.4 is 9.75 Å². The zero-order valence-electron chi connectivity index (χ0n) is 19.9. The van der Waals surface area contributed by atoms with E-state index in [1.807, 2.05) is 0 Å². The van der Waals surface area contributed by atoms with Gasteiger partial charge >= 0.3 is 0 Å². The Kier molecular flexibility index (Phi) is 5.50. The molecule has 0 spiro atoms. The molecule has 1 aliphatic rings. The second kappa shape index (κ2) is 8.33. The van der Waals surface area contributed by atoms with Crippen molar-refractivity contribution in [3.63, 3.8) is 0 Å². The average Bonchev–Trinajstić information content (AvgIpc) is 3.36. The van der Waals surface area contributed by atoms with Crippen LogP contribution >= 0.6 is 0 Å². The Balaban J connectivity index is 1.59. The summed E-state index contributed by atoms with van der Waals surface area (Å²) in [6, 6.07) is 27.2. The lowest BCUT2D eigenvalue weighted by molar-refractivity contribution is -0.659. The predicted molar refractivity (Wildman–Crippen MR) is 140 cm³/mol. The number of aryl methyl sites for hydroxylation is 2. The molecule has 0 unspecified atom stereocenters. The summed E-state index contributed by atoms with van der Waals surface area (Å²) in [6.07, 6.45) is 7.94. The average molecular weight is 437 g/mol. The van der Waals surface area contributed by atoms with Crippen molar-refractivity contribution in [2.24, 2.45) is 7.05 Å². The van der Waals surface area contributed by atoms with Crippen LogP contribution in [0.2, 0.25) is 18.6 Å². The fraction of sp³-hybridized carbons (Fsp3) is 0.300. The highest BCUT2D eigenvalue weighted by Crippen LogP contribution is 2.39. The molecule has 1 aliphatic carbocycles. The van der Waals surface area contributed by atoms with Crippen molar-refractivity contribution >= 4 is 24.0 Å². The van der Waals surface area contributed by atoms with Gasteiger partial charge in [0.05, 0.1) is 13.5 Å².